The Labute approximate surface area is 222 Å². The molecule has 1 N–H and O–H groups in total. The summed E-state index contributed by atoms with van der Waals surface area (Å²) in [7, 11) is 0. The van der Waals surface area contributed by atoms with Crippen LogP contribution in [-0.4, -0.2) is 59.8 Å². The van der Waals surface area contributed by atoms with Crippen LogP contribution in [0.5, 0.6) is 0 Å². The Hall–Kier alpha value is -1.44. The Balaban J connectivity index is 1.64. The molecule has 1 saturated carbocycles. The van der Waals surface area contributed by atoms with Gasteiger partial charge in [0.25, 0.3) is 0 Å². The maximum absolute atomic E-state index is 13.1. The first-order valence-corrected chi connectivity index (χ1v) is 14.6. The summed E-state index contributed by atoms with van der Waals surface area (Å²) in [5.41, 5.74) is 0.249. The van der Waals surface area contributed by atoms with Crippen LogP contribution in [0.3, 0.4) is 0 Å². The van der Waals surface area contributed by atoms with Gasteiger partial charge in [-0.2, -0.15) is 0 Å². The van der Waals surface area contributed by atoms with Gasteiger partial charge in [0, 0.05) is 18.8 Å². The van der Waals surface area contributed by atoms with Crippen molar-refractivity contribution in [1.82, 2.24) is 0 Å². The first-order valence-electron chi connectivity index (χ1n) is 14.6. The molecule has 0 unspecified atom stereocenters. The van der Waals surface area contributed by atoms with Crippen molar-refractivity contribution in [3.05, 3.63) is 12.2 Å². The van der Waals surface area contributed by atoms with Gasteiger partial charge in [-0.3, -0.25) is 4.79 Å². The molecule has 37 heavy (non-hydrogen) atoms. The van der Waals surface area contributed by atoms with Crippen molar-refractivity contribution in [1.29, 1.82) is 0 Å². The fourth-order valence-corrected chi connectivity index (χ4v) is 7.64. The van der Waals surface area contributed by atoms with Crippen molar-refractivity contribution in [2.24, 2.45) is 29.6 Å². The zero-order valence-corrected chi connectivity index (χ0v) is 23.4. The Morgan fingerprint density at radius 1 is 1.16 bits per heavy atom. The second-order valence-corrected chi connectivity index (χ2v) is 12.5. The molecule has 0 aromatic rings. The standard InChI is InChI=1S/C30H48O7/c1-7-8-9-10-11-22(32)29(33)37-27-18(3)15-21-19(4)16-34-30(6)24(35-20(5)31)13-12-17(2)14-23-26(27)25(21)28(30)36-23/h18-19,21-28,32H,2,7-16H2,1,3-6H3/t18-,19+,21+,22+,23+,24-,25+,26+,27-,28+,30+/m0/s1. The highest BCUT2D eigenvalue weighted by Crippen LogP contribution is 2.58. The molecule has 1 aliphatic carbocycles. The monoisotopic (exact) mass is 520 g/mol. The number of fused-ring (bicyclic) bond motifs is 2. The van der Waals surface area contributed by atoms with Gasteiger partial charge in [0.2, 0.25) is 0 Å². The van der Waals surface area contributed by atoms with Crippen LogP contribution in [0.4, 0.5) is 0 Å². The fraction of sp³-hybridized carbons (Fsp3) is 0.867. The summed E-state index contributed by atoms with van der Waals surface area (Å²) in [4.78, 5) is 25.2. The Morgan fingerprint density at radius 2 is 1.92 bits per heavy atom. The highest BCUT2D eigenvalue weighted by atomic mass is 16.6. The van der Waals surface area contributed by atoms with E-state index in [9.17, 15) is 14.7 Å². The van der Waals surface area contributed by atoms with Gasteiger partial charge < -0.3 is 24.1 Å². The molecule has 3 aliphatic heterocycles. The van der Waals surface area contributed by atoms with Crippen LogP contribution < -0.4 is 0 Å². The van der Waals surface area contributed by atoms with E-state index in [4.69, 9.17) is 18.9 Å². The molecule has 4 aliphatic rings. The molecule has 11 atom stereocenters. The highest BCUT2D eigenvalue weighted by Gasteiger charge is 2.65. The SMILES string of the molecule is C=C1CC[C@H](OC(C)=O)[C@@]2(C)OC[C@@H](C)[C@H]3C[C@H](C)[C@H](OC(=O)[C@H](O)CCCCCC)[C@H]4[C@@H]3[C@H]2O[C@@H]4C1. The minimum atomic E-state index is -1.10. The molecule has 7 nitrogen and oxygen atoms in total. The predicted octanol–water partition coefficient (Wildman–Crippen LogP) is 4.98. The lowest BCUT2D eigenvalue weighted by Crippen LogP contribution is -2.57. The Morgan fingerprint density at radius 3 is 2.62 bits per heavy atom. The molecule has 2 bridgehead atoms. The van der Waals surface area contributed by atoms with Crippen LogP contribution >= 0.6 is 0 Å². The first-order chi connectivity index (χ1) is 17.6. The number of unbranched alkanes of at least 4 members (excludes halogenated alkanes) is 3. The molecule has 0 spiro atoms. The summed E-state index contributed by atoms with van der Waals surface area (Å²) in [6.45, 7) is 14.9. The fourth-order valence-electron chi connectivity index (χ4n) is 7.64. The lowest BCUT2D eigenvalue weighted by atomic mass is 9.59. The van der Waals surface area contributed by atoms with E-state index >= 15 is 0 Å². The van der Waals surface area contributed by atoms with Crippen LogP contribution in [0, 0.1) is 29.6 Å². The first kappa shape index (κ1) is 28.6. The maximum Gasteiger partial charge on any atom is 0.335 e. The topological polar surface area (TPSA) is 91.3 Å². The number of aliphatic hydroxyl groups is 1. The summed E-state index contributed by atoms with van der Waals surface area (Å²) in [6, 6.07) is 0. The van der Waals surface area contributed by atoms with E-state index in [0.29, 0.717) is 37.7 Å². The van der Waals surface area contributed by atoms with E-state index in [1.807, 2.05) is 6.92 Å². The average Bonchev–Trinajstić information content (AvgIpc) is 3.19. The summed E-state index contributed by atoms with van der Waals surface area (Å²) in [5.74, 6) is 0.0221. The normalized spacial score (nSPS) is 42.1. The van der Waals surface area contributed by atoms with Gasteiger partial charge in [-0.1, -0.05) is 58.6 Å². The second-order valence-electron chi connectivity index (χ2n) is 12.5. The third kappa shape index (κ3) is 5.79. The van der Waals surface area contributed by atoms with Gasteiger partial charge in [-0.05, 0) is 56.8 Å². The van der Waals surface area contributed by atoms with E-state index in [-0.39, 0.29) is 42.0 Å². The predicted molar refractivity (Wildman–Crippen MR) is 140 cm³/mol. The molecule has 7 heteroatoms. The molecule has 0 radical (unpaired) electrons. The van der Waals surface area contributed by atoms with Crippen molar-refractivity contribution in [3.8, 4) is 0 Å². The Kier molecular flexibility index (Phi) is 9.07. The van der Waals surface area contributed by atoms with Crippen LogP contribution in [0.15, 0.2) is 12.2 Å². The van der Waals surface area contributed by atoms with Crippen molar-refractivity contribution >= 4 is 11.9 Å². The quantitative estimate of drug-likeness (QED) is 0.274. The largest absolute Gasteiger partial charge is 0.460 e. The third-order valence-electron chi connectivity index (χ3n) is 9.63. The molecular weight excluding hydrogens is 472 g/mol. The van der Waals surface area contributed by atoms with Crippen LogP contribution in [-0.2, 0) is 28.5 Å². The van der Waals surface area contributed by atoms with Crippen LogP contribution in [0.1, 0.15) is 92.4 Å². The number of esters is 2. The van der Waals surface area contributed by atoms with E-state index in [1.54, 1.807) is 0 Å². The van der Waals surface area contributed by atoms with Gasteiger partial charge in [-0.15, -0.1) is 0 Å². The van der Waals surface area contributed by atoms with Gasteiger partial charge in [0.05, 0.1) is 18.8 Å². The number of ether oxygens (including phenoxy) is 4. The number of hydrogen-bond acceptors (Lipinski definition) is 7. The van der Waals surface area contributed by atoms with Crippen molar-refractivity contribution in [3.63, 3.8) is 0 Å². The molecular formula is C30H48O7. The lowest BCUT2D eigenvalue weighted by Gasteiger charge is -2.47. The molecule has 3 heterocycles. The average molecular weight is 521 g/mol. The molecule has 4 rings (SSSR count). The van der Waals surface area contributed by atoms with E-state index < -0.39 is 23.8 Å². The Bertz CT molecular complexity index is 842. The minimum absolute atomic E-state index is 0.0219. The van der Waals surface area contributed by atoms with E-state index in [1.165, 1.54) is 6.92 Å². The van der Waals surface area contributed by atoms with Crippen LogP contribution in [0.25, 0.3) is 0 Å². The van der Waals surface area contributed by atoms with Gasteiger partial charge in [-0.25, -0.2) is 4.79 Å². The molecule has 0 aromatic heterocycles. The summed E-state index contributed by atoms with van der Waals surface area (Å²) < 4.78 is 25.5. The lowest BCUT2D eigenvalue weighted by molar-refractivity contribution is -0.201. The van der Waals surface area contributed by atoms with Gasteiger partial charge >= 0.3 is 11.9 Å². The number of hydrogen-bond donors (Lipinski definition) is 1. The van der Waals surface area contributed by atoms with Crippen molar-refractivity contribution in [2.75, 3.05) is 6.61 Å². The van der Waals surface area contributed by atoms with E-state index in [2.05, 4.69) is 27.4 Å². The number of carbonyl (C=O) groups is 2. The molecule has 0 aromatic carbocycles. The molecule has 0 amide bonds. The summed E-state index contributed by atoms with van der Waals surface area (Å²) in [6.07, 6.45) is 5.10. The minimum Gasteiger partial charge on any atom is -0.460 e. The number of aliphatic hydroxyl groups excluding tert-OH is 1. The smallest absolute Gasteiger partial charge is 0.335 e. The molecule has 3 saturated heterocycles. The van der Waals surface area contributed by atoms with Crippen molar-refractivity contribution in [2.45, 2.75) is 129 Å². The van der Waals surface area contributed by atoms with Crippen LogP contribution in [0.2, 0.25) is 0 Å². The second kappa shape index (κ2) is 11.7. The zero-order chi connectivity index (χ0) is 26.9. The molecule has 4 fully saturated rings. The maximum atomic E-state index is 13.1. The van der Waals surface area contributed by atoms with Gasteiger partial charge in [0.1, 0.15) is 17.8 Å². The highest BCUT2D eigenvalue weighted by molar-refractivity contribution is 5.74. The zero-order valence-electron chi connectivity index (χ0n) is 23.4. The summed E-state index contributed by atoms with van der Waals surface area (Å²) >= 11 is 0. The number of rotatable bonds is 8. The van der Waals surface area contributed by atoms with Crippen molar-refractivity contribution < 1.29 is 33.6 Å². The summed E-state index contributed by atoms with van der Waals surface area (Å²) in [5, 5.41) is 10.6. The molecule has 210 valence electrons. The number of carbonyl (C=O) groups excluding carboxylic acids is 2. The van der Waals surface area contributed by atoms with E-state index in [0.717, 1.165) is 44.1 Å². The third-order valence-corrected chi connectivity index (χ3v) is 9.63. The van der Waals surface area contributed by atoms with Gasteiger partial charge in [0.15, 0.2) is 6.10 Å².